The second-order valence-electron chi connectivity index (χ2n) is 6.31. The smallest absolute Gasteiger partial charge is 0.244 e. The molecule has 0 aliphatic carbocycles. The topological polar surface area (TPSA) is 32.3 Å². The van der Waals surface area contributed by atoms with Crippen molar-refractivity contribution in [3.8, 4) is 0 Å². The molecule has 2 aliphatic rings. The number of hydrogen-bond donors (Lipinski definition) is 1. The van der Waals surface area contributed by atoms with Crippen LogP contribution >= 0.6 is 11.8 Å². The van der Waals surface area contributed by atoms with Crippen molar-refractivity contribution in [3.05, 3.63) is 28.8 Å². The van der Waals surface area contributed by atoms with E-state index < -0.39 is 0 Å². The van der Waals surface area contributed by atoms with E-state index in [1.165, 1.54) is 28.9 Å². The summed E-state index contributed by atoms with van der Waals surface area (Å²) < 4.78 is 0. The lowest BCUT2D eigenvalue weighted by molar-refractivity contribution is -0.119. The zero-order chi connectivity index (χ0) is 15.0. The zero-order valence-electron chi connectivity index (χ0n) is 13.1. The third-order valence-corrected chi connectivity index (χ3v) is 5.64. The number of carbonyl (C=O) groups excluding carboxylic acids is 1. The summed E-state index contributed by atoms with van der Waals surface area (Å²) in [6, 6.07) is 4.87. The van der Waals surface area contributed by atoms with Gasteiger partial charge in [-0.2, -0.15) is 11.8 Å². The largest absolute Gasteiger partial charge is 0.310 e. The van der Waals surface area contributed by atoms with Gasteiger partial charge in [-0.15, -0.1) is 0 Å². The van der Waals surface area contributed by atoms with Crippen LogP contribution in [0.3, 0.4) is 0 Å². The minimum atomic E-state index is 0.00815. The normalized spacial score (nSPS) is 25.9. The molecule has 1 amide bonds. The Kier molecular flexibility index (Phi) is 4.27. The van der Waals surface area contributed by atoms with Gasteiger partial charge in [0.15, 0.2) is 0 Å². The Hall–Kier alpha value is -1.00. The SMILES string of the molecule is Cc1cc(C)c(N2CC[C@H](N[C@@H]3CCSC3)C2=O)c(C)c1. The molecule has 2 aliphatic heterocycles. The number of hydrogen-bond acceptors (Lipinski definition) is 3. The van der Waals surface area contributed by atoms with Crippen LogP contribution in [0.4, 0.5) is 5.69 Å². The quantitative estimate of drug-likeness (QED) is 0.932. The first-order chi connectivity index (χ1) is 10.1. The van der Waals surface area contributed by atoms with Crippen molar-refractivity contribution in [2.75, 3.05) is 23.0 Å². The number of nitrogens with zero attached hydrogens (tertiary/aromatic N) is 1. The highest BCUT2D eigenvalue weighted by molar-refractivity contribution is 7.99. The van der Waals surface area contributed by atoms with Gasteiger partial charge in [-0.1, -0.05) is 17.7 Å². The van der Waals surface area contributed by atoms with E-state index in [1.54, 1.807) is 0 Å². The molecule has 2 fully saturated rings. The summed E-state index contributed by atoms with van der Waals surface area (Å²) >= 11 is 1.98. The summed E-state index contributed by atoms with van der Waals surface area (Å²) in [4.78, 5) is 14.7. The zero-order valence-corrected chi connectivity index (χ0v) is 13.9. The summed E-state index contributed by atoms with van der Waals surface area (Å²) in [5.41, 5.74) is 4.80. The molecule has 0 bridgehead atoms. The Balaban J connectivity index is 1.77. The van der Waals surface area contributed by atoms with E-state index in [0.29, 0.717) is 6.04 Å². The molecular formula is C17H24N2OS. The van der Waals surface area contributed by atoms with Gasteiger partial charge in [0.2, 0.25) is 5.91 Å². The molecule has 4 heteroatoms. The second kappa shape index (κ2) is 6.01. The molecule has 0 aromatic heterocycles. The Morgan fingerprint density at radius 3 is 2.52 bits per heavy atom. The molecule has 2 atom stereocenters. The molecule has 1 aromatic rings. The molecule has 2 heterocycles. The Labute approximate surface area is 131 Å². The molecule has 1 N–H and O–H groups in total. The van der Waals surface area contributed by atoms with Crippen molar-refractivity contribution in [1.82, 2.24) is 5.32 Å². The summed E-state index contributed by atoms with van der Waals surface area (Å²) in [6.07, 6.45) is 2.11. The van der Waals surface area contributed by atoms with Crippen LogP contribution in [0.15, 0.2) is 12.1 Å². The molecule has 21 heavy (non-hydrogen) atoms. The van der Waals surface area contributed by atoms with Gasteiger partial charge in [-0.05, 0) is 50.5 Å². The number of nitrogens with one attached hydrogen (secondary N) is 1. The van der Waals surface area contributed by atoms with Crippen molar-refractivity contribution < 1.29 is 4.79 Å². The maximum absolute atomic E-state index is 12.7. The van der Waals surface area contributed by atoms with Crippen molar-refractivity contribution in [3.63, 3.8) is 0 Å². The van der Waals surface area contributed by atoms with E-state index in [1.807, 2.05) is 16.7 Å². The second-order valence-corrected chi connectivity index (χ2v) is 7.46. The number of amides is 1. The maximum Gasteiger partial charge on any atom is 0.244 e. The van der Waals surface area contributed by atoms with E-state index in [9.17, 15) is 4.79 Å². The predicted molar refractivity (Wildman–Crippen MR) is 90.3 cm³/mol. The fourth-order valence-electron chi connectivity index (χ4n) is 3.61. The van der Waals surface area contributed by atoms with Crippen LogP contribution in [0, 0.1) is 20.8 Å². The van der Waals surface area contributed by atoms with Crippen LogP contribution in [0.25, 0.3) is 0 Å². The van der Waals surface area contributed by atoms with Gasteiger partial charge >= 0.3 is 0 Å². The fourth-order valence-corrected chi connectivity index (χ4v) is 4.77. The lowest BCUT2D eigenvalue weighted by atomic mass is 10.0. The average molecular weight is 304 g/mol. The highest BCUT2D eigenvalue weighted by Gasteiger charge is 2.35. The average Bonchev–Trinajstić information content (AvgIpc) is 3.02. The van der Waals surface area contributed by atoms with E-state index >= 15 is 0 Å². The molecule has 0 unspecified atom stereocenters. The van der Waals surface area contributed by atoms with Gasteiger partial charge < -0.3 is 10.2 Å². The Bertz CT molecular complexity index is 529. The monoisotopic (exact) mass is 304 g/mol. The van der Waals surface area contributed by atoms with Crippen LogP contribution in [0.2, 0.25) is 0 Å². The van der Waals surface area contributed by atoms with Gasteiger partial charge in [0.1, 0.15) is 0 Å². The van der Waals surface area contributed by atoms with Crippen LogP contribution < -0.4 is 10.2 Å². The Morgan fingerprint density at radius 1 is 1.19 bits per heavy atom. The third kappa shape index (κ3) is 2.97. The molecule has 114 valence electrons. The first kappa shape index (κ1) is 14.9. The minimum Gasteiger partial charge on any atom is -0.310 e. The van der Waals surface area contributed by atoms with Crippen molar-refractivity contribution in [1.29, 1.82) is 0 Å². The van der Waals surface area contributed by atoms with E-state index in [-0.39, 0.29) is 11.9 Å². The first-order valence-electron chi connectivity index (χ1n) is 7.79. The first-order valence-corrected chi connectivity index (χ1v) is 8.95. The molecule has 3 nitrogen and oxygen atoms in total. The summed E-state index contributed by atoms with van der Waals surface area (Å²) in [7, 11) is 0. The Morgan fingerprint density at radius 2 is 1.90 bits per heavy atom. The summed E-state index contributed by atoms with van der Waals surface area (Å²) in [5.74, 6) is 2.62. The molecule has 2 saturated heterocycles. The van der Waals surface area contributed by atoms with Gasteiger partial charge in [0, 0.05) is 24.0 Å². The molecule has 3 rings (SSSR count). The highest BCUT2D eigenvalue weighted by Crippen LogP contribution is 2.30. The minimum absolute atomic E-state index is 0.00815. The van der Waals surface area contributed by atoms with Crippen molar-refractivity contribution in [2.45, 2.75) is 45.7 Å². The van der Waals surface area contributed by atoms with Gasteiger partial charge in [-0.25, -0.2) is 0 Å². The molecule has 0 radical (unpaired) electrons. The summed E-state index contributed by atoms with van der Waals surface area (Å²) in [6.45, 7) is 7.16. The number of benzene rings is 1. The van der Waals surface area contributed by atoms with Crippen LogP contribution in [0.1, 0.15) is 29.5 Å². The summed E-state index contributed by atoms with van der Waals surface area (Å²) in [5, 5.41) is 3.57. The highest BCUT2D eigenvalue weighted by atomic mass is 32.2. The molecule has 0 spiro atoms. The van der Waals surface area contributed by atoms with Gasteiger partial charge in [0.25, 0.3) is 0 Å². The van der Waals surface area contributed by atoms with Crippen molar-refractivity contribution in [2.24, 2.45) is 0 Å². The molecular weight excluding hydrogens is 280 g/mol. The van der Waals surface area contributed by atoms with E-state index in [0.717, 1.165) is 24.4 Å². The van der Waals surface area contributed by atoms with E-state index in [4.69, 9.17) is 0 Å². The number of anilines is 1. The predicted octanol–water partition coefficient (Wildman–Crippen LogP) is 2.81. The number of rotatable bonds is 3. The van der Waals surface area contributed by atoms with Crippen molar-refractivity contribution >= 4 is 23.4 Å². The van der Waals surface area contributed by atoms with Crippen LogP contribution in [0.5, 0.6) is 0 Å². The van der Waals surface area contributed by atoms with Gasteiger partial charge in [0.05, 0.1) is 6.04 Å². The lowest BCUT2D eigenvalue weighted by Crippen LogP contribution is -2.44. The van der Waals surface area contributed by atoms with E-state index in [2.05, 4.69) is 38.2 Å². The third-order valence-electron chi connectivity index (χ3n) is 4.48. The standard InChI is InChI=1S/C17H24N2OS/c1-11-8-12(2)16(13(3)9-11)19-6-4-15(17(19)20)18-14-5-7-21-10-14/h8-9,14-15,18H,4-7,10H2,1-3H3/t14-,15+/m1/s1. The molecule has 0 saturated carbocycles. The number of carbonyl (C=O) groups is 1. The lowest BCUT2D eigenvalue weighted by Gasteiger charge is -2.23. The number of thioether (sulfide) groups is 1. The van der Waals surface area contributed by atoms with Crippen LogP contribution in [-0.2, 0) is 4.79 Å². The van der Waals surface area contributed by atoms with Gasteiger partial charge in [-0.3, -0.25) is 4.79 Å². The maximum atomic E-state index is 12.7. The van der Waals surface area contributed by atoms with Crippen LogP contribution in [-0.4, -0.2) is 36.0 Å². The fraction of sp³-hybridized carbons (Fsp3) is 0.588. The number of aryl methyl sites for hydroxylation is 3. The molecule has 1 aromatic carbocycles.